The van der Waals surface area contributed by atoms with E-state index >= 15 is 0 Å². The number of hydrogen-bond donors (Lipinski definition) is 1. The molecule has 0 aromatic rings. The summed E-state index contributed by atoms with van der Waals surface area (Å²) in [5.41, 5.74) is 0. The lowest BCUT2D eigenvalue weighted by Crippen LogP contribution is -2.37. The van der Waals surface area contributed by atoms with E-state index in [1.807, 2.05) is 0 Å². The van der Waals surface area contributed by atoms with Crippen LogP contribution in [0.15, 0.2) is 0 Å². The minimum Gasteiger partial charge on any atom is -0.264 e. The highest BCUT2D eigenvalue weighted by atomic mass is 32.3. The molecule has 0 rings (SSSR count). The Hall–Kier alpha value is -0.550. The predicted molar refractivity (Wildman–Crippen MR) is 37.7 cm³/mol. The minimum absolute atomic E-state index is 1.41. The molecule has 11 heteroatoms. The summed E-state index contributed by atoms with van der Waals surface area (Å²) in [6, 6.07) is 0. The molecule has 0 amide bonds. The van der Waals surface area contributed by atoms with Gasteiger partial charge in [-0.3, -0.25) is 4.55 Å². The molecule has 0 aliphatic heterocycles. The highest BCUT2D eigenvalue weighted by molar-refractivity contribution is 7.80. The van der Waals surface area contributed by atoms with E-state index in [-0.39, 0.29) is 0 Å². The van der Waals surface area contributed by atoms with Crippen molar-refractivity contribution in [2.75, 3.05) is 6.61 Å². The van der Waals surface area contributed by atoms with E-state index in [1.54, 1.807) is 0 Å². The Labute approximate surface area is 86.1 Å². The lowest BCUT2D eigenvalue weighted by Gasteiger charge is -2.22. The molecule has 0 radical (unpaired) electrons. The summed E-state index contributed by atoms with van der Waals surface area (Å²) in [5.74, 6) is -3.69. The van der Waals surface area contributed by atoms with Gasteiger partial charge in [0.25, 0.3) is 0 Å². The quantitative estimate of drug-likeness (QED) is 0.629. The van der Waals surface area contributed by atoms with Crippen molar-refractivity contribution < 1.29 is 43.5 Å². The summed E-state index contributed by atoms with van der Waals surface area (Å²) in [4.78, 5) is 0. The molecule has 16 heavy (non-hydrogen) atoms. The van der Waals surface area contributed by atoms with Crippen molar-refractivity contribution in [2.45, 2.75) is 18.8 Å². The highest BCUT2D eigenvalue weighted by Crippen LogP contribution is 2.41. The van der Waals surface area contributed by atoms with Gasteiger partial charge < -0.3 is 0 Å². The molecule has 0 aromatic heterocycles. The Kier molecular flexibility index (Phi) is 4.59. The second kappa shape index (κ2) is 4.75. The van der Waals surface area contributed by atoms with E-state index in [0.717, 1.165) is 0 Å². The lowest BCUT2D eigenvalue weighted by atomic mass is 10.1. The molecule has 98 valence electrons. The van der Waals surface area contributed by atoms with Gasteiger partial charge >= 0.3 is 22.8 Å². The fraction of sp³-hybridized carbons (Fsp3) is 1.00. The monoisotopic (exact) mass is 276 g/mol. The van der Waals surface area contributed by atoms with Crippen LogP contribution in [0.2, 0.25) is 0 Å². The molecule has 0 aliphatic carbocycles. The summed E-state index contributed by atoms with van der Waals surface area (Å²) < 4.78 is 102. The van der Waals surface area contributed by atoms with Crippen LogP contribution in [0, 0.1) is 5.92 Å². The van der Waals surface area contributed by atoms with Crippen molar-refractivity contribution in [1.82, 2.24) is 0 Å². The van der Waals surface area contributed by atoms with E-state index in [0.29, 0.717) is 0 Å². The summed E-state index contributed by atoms with van der Waals surface area (Å²) >= 11 is 0. The van der Waals surface area contributed by atoms with Gasteiger partial charge in [0.15, 0.2) is 5.92 Å². The largest absolute Gasteiger partial charge is 0.400 e. The Balaban J connectivity index is 4.49. The highest BCUT2D eigenvalue weighted by Gasteiger charge is 2.56. The Morgan fingerprint density at radius 3 is 1.69 bits per heavy atom. The summed E-state index contributed by atoms with van der Waals surface area (Å²) in [6.45, 7) is -1.41. The van der Waals surface area contributed by atoms with Gasteiger partial charge in [0.1, 0.15) is 0 Å². The van der Waals surface area contributed by atoms with E-state index in [1.165, 1.54) is 0 Å². The summed E-state index contributed by atoms with van der Waals surface area (Å²) in [6.07, 6.45) is -12.8. The molecule has 0 aliphatic rings. The van der Waals surface area contributed by atoms with Crippen molar-refractivity contribution in [3.05, 3.63) is 0 Å². The van der Waals surface area contributed by atoms with Crippen LogP contribution in [0.25, 0.3) is 0 Å². The zero-order valence-electron chi connectivity index (χ0n) is 7.34. The normalized spacial score (nSPS) is 14.5. The van der Waals surface area contributed by atoms with Crippen molar-refractivity contribution in [3.8, 4) is 0 Å². The third kappa shape index (κ3) is 6.12. The van der Waals surface area contributed by atoms with Crippen LogP contribution in [-0.2, 0) is 14.6 Å². The van der Waals surface area contributed by atoms with Crippen molar-refractivity contribution in [3.63, 3.8) is 0 Å². The molecular formula is C5H6F6O4S. The molecule has 0 unspecified atom stereocenters. The molecule has 0 aromatic carbocycles. The molecule has 0 saturated heterocycles. The maximum Gasteiger partial charge on any atom is 0.400 e. The average Bonchev–Trinajstić information content (AvgIpc) is 1.90. The molecule has 0 spiro atoms. The van der Waals surface area contributed by atoms with Crippen LogP contribution in [0.4, 0.5) is 26.3 Å². The number of rotatable bonds is 4. The summed E-state index contributed by atoms with van der Waals surface area (Å²) in [7, 11) is -5.05. The van der Waals surface area contributed by atoms with Gasteiger partial charge in [-0.2, -0.15) is 34.8 Å². The second-order valence-electron chi connectivity index (χ2n) is 2.67. The Bertz CT molecular complexity index is 303. The van der Waals surface area contributed by atoms with E-state index < -0.39 is 41.7 Å². The van der Waals surface area contributed by atoms with Crippen LogP contribution >= 0.6 is 0 Å². The molecule has 0 fully saturated rings. The SMILES string of the molecule is O=S(=O)(O)OCCC(C(F)(F)F)C(F)(F)F. The first-order valence-corrected chi connectivity index (χ1v) is 4.96. The van der Waals surface area contributed by atoms with Gasteiger partial charge in [-0.15, -0.1) is 0 Å². The third-order valence-electron chi connectivity index (χ3n) is 1.43. The second-order valence-corrected chi connectivity index (χ2v) is 3.77. The van der Waals surface area contributed by atoms with Crippen LogP contribution in [0.5, 0.6) is 0 Å². The van der Waals surface area contributed by atoms with Crippen molar-refractivity contribution in [2.24, 2.45) is 5.92 Å². The molecule has 4 nitrogen and oxygen atoms in total. The first kappa shape index (κ1) is 15.4. The van der Waals surface area contributed by atoms with Crippen LogP contribution in [-0.4, -0.2) is 31.9 Å². The summed E-state index contributed by atoms with van der Waals surface area (Å²) in [5, 5.41) is 0. The van der Waals surface area contributed by atoms with Gasteiger partial charge in [-0.05, 0) is 6.42 Å². The standard InChI is InChI=1S/C5H6F6O4S/c6-4(7,8)3(5(9,10)11)1-2-15-16(12,13)14/h3H,1-2H2,(H,12,13,14). The van der Waals surface area contributed by atoms with Crippen molar-refractivity contribution >= 4 is 10.4 Å². The van der Waals surface area contributed by atoms with Gasteiger partial charge in [0.2, 0.25) is 0 Å². The topological polar surface area (TPSA) is 63.6 Å². The zero-order valence-corrected chi connectivity index (χ0v) is 8.16. The van der Waals surface area contributed by atoms with Gasteiger partial charge in [0, 0.05) is 0 Å². The first-order valence-electron chi connectivity index (χ1n) is 3.59. The van der Waals surface area contributed by atoms with Crippen LogP contribution in [0.3, 0.4) is 0 Å². The Morgan fingerprint density at radius 1 is 1.06 bits per heavy atom. The molecule has 0 saturated carbocycles. The molecule has 1 N–H and O–H groups in total. The fourth-order valence-corrected chi connectivity index (χ4v) is 1.09. The molecular weight excluding hydrogens is 270 g/mol. The lowest BCUT2D eigenvalue weighted by molar-refractivity contribution is -0.286. The fourth-order valence-electron chi connectivity index (χ4n) is 0.784. The number of hydrogen-bond acceptors (Lipinski definition) is 3. The average molecular weight is 276 g/mol. The van der Waals surface area contributed by atoms with E-state index in [4.69, 9.17) is 4.55 Å². The van der Waals surface area contributed by atoms with Gasteiger partial charge in [0.05, 0.1) is 6.61 Å². The van der Waals surface area contributed by atoms with Crippen LogP contribution < -0.4 is 0 Å². The van der Waals surface area contributed by atoms with Gasteiger partial charge in [-0.1, -0.05) is 0 Å². The minimum atomic E-state index is -5.55. The van der Waals surface area contributed by atoms with E-state index in [9.17, 15) is 34.8 Å². The van der Waals surface area contributed by atoms with Crippen molar-refractivity contribution in [1.29, 1.82) is 0 Å². The molecule has 0 heterocycles. The Morgan fingerprint density at radius 2 is 1.44 bits per heavy atom. The smallest absolute Gasteiger partial charge is 0.264 e. The number of alkyl halides is 6. The molecule has 0 atom stereocenters. The van der Waals surface area contributed by atoms with Crippen LogP contribution in [0.1, 0.15) is 6.42 Å². The van der Waals surface area contributed by atoms with E-state index in [2.05, 4.69) is 4.18 Å². The third-order valence-corrected chi connectivity index (χ3v) is 1.89. The molecule has 0 bridgehead atoms. The van der Waals surface area contributed by atoms with Gasteiger partial charge in [-0.25, -0.2) is 4.18 Å². The predicted octanol–water partition coefficient (Wildman–Crippen LogP) is 1.94. The maximum absolute atomic E-state index is 11.8. The first-order chi connectivity index (χ1) is 6.84. The number of halogens is 6. The zero-order chi connectivity index (χ0) is 13.2. The maximum atomic E-state index is 11.8.